The number of methoxy groups -OCH3 is 1. The third-order valence-electron chi connectivity index (χ3n) is 3.66. The highest BCUT2D eigenvalue weighted by molar-refractivity contribution is 5.91. The van der Waals surface area contributed by atoms with Crippen LogP contribution in [0.15, 0.2) is 36.4 Å². The second-order valence-corrected chi connectivity index (χ2v) is 5.00. The number of aromatic amines is 1. The number of rotatable bonds is 2. The Balaban J connectivity index is 2.00. The minimum Gasteiger partial charge on any atom is -0.464 e. The molecule has 0 spiro atoms. The summed E-state index contributed by atoms with van der Waals surface area (Å²) < 4.78 is 4.78. The molecule has 0 amide bonds. The Hall–Kier alpha value is -2.29. The van der Waals surface area contributed by atoms with Crippen molar-refractivity contribution in [2.45, 2.75) is 19.3 Å². The van der Waals surface area contributed by atoms with Crippen molar-refractivity contribution in [1.29, 1.82) is 0 Å². The first-order chi connectivity index (χ1) is 9.78. The summed E-state index contributed by atoms with van der Waals surface area (Å²) in [6.45, 7) is 0. The van der Waals surface area contributed by atoms with Crippen molar-refractivity contribution in [2.75, 3.05) is 7.11 Å². The third-order valence-corrected chi connectivity index (χ3v) is 3.66. The summed E-state index contributed by atoms with van der Waals surface area (Å²) in [5, 5.41) is 0. The van der Waals surface area contributed by atoms with E-state index >= 15 is 0 Å². The highest BCUT2D eigenvalue weighted by Crippen LogP contribution is 2.32. The number of ether oxygens (including phenoxy) is 1. The number of allylic oxidation sites excluding steroid dienone is 1. The van der Waals surface area contributed by atoms with Crippen molar-refractivity contribution < 1.29 is 9.53 Å². The number of aryl methyl sites for hydroxylation is 1. The number of fused-ring (bicyclic) bond motifs is 1. The first kappa shape index (κ1) is 12.7. The van der Waals surface area contributed by atoms with Crippen molar-refractivity contribution in [1.82, 2.24) is 4.98 Å². The predicted molar refractivity (Wildman–Crippen MR) is 79.4 cm³/mol. The van der Waals surface area contributed by atoms with Crippen molar-refractivity contribution >= 4 is 17.6 Å². The van der Waals surface area contributed by atoms with Gasteiger partial charge in [-0.25, -0.2) is 4.79 Å². The summed E-state index contributed by atoms with van der Waals surface area (Å²) in [7, 11) is 1.41. The Morgan fingerprint density at radius 3 is 2.80 bits per heavy atom. The number of carbonyl (C=O) groups excluding carboxylic acids is 1. The predicted octanol–water partition coefficient (Wildman–Crippen LogP) is 3.68. The largest absolute Gasteiger partial charge is 0.464 e. The van der Waals surface area contributed by atoms with Crippen LogP contribution >= 0.6 is 0 Å². The molecule has 0 bridgehead atoms. The lowest BCUT2D eigenvalue weighted by Gasteiger charge is -2.14. The maximum atomic E-state index is 11.6. The van der Waals surface area contributed by atoms with Crippen LogP contribution < -0.4 is 0 Å². The van der Waals surface area contributed by atoms with Crippen LogP contribution in [0.5, 0.6) is 0 Å². The molecule has 1 aromatic heterocycles. The van der Waals surface area contributed by atoms with Gasteiger partial charge in [-0.1, -0.05) is 36.4 Å². The molecule has 3 nitrogen and oxygen atoms in total. The van der Waals surface area contributed by atoms with Crippen molar-refractivity contribution in [3.8, 4) is 0 Å². The molecule has 0 saturated heterocycles. The molecule has 0 aliphatic heterocycles. The average Bonchev–Trinajstić information content (AvgIpc) is 2.93. The number of aromatic nitrogens is 1. The van der Waals surface area contributed by atoms with E-state index in [0.29, 0.717) is 5.69 Å². The maximum Gasteiger partial charge on any atom is 0.354 e. The van der Waals surface area contributed by atoms with E-state index in [0.717, 1.165) is 30.5 Å². The summed E-state index contributed by atoms with van der Waals surface area (Å²) >= 11 is 0. The molecule has 1 aliphatic rings. The third kappa shape index (κ3) is 2.39. The van der Waals surface area contributed by atoms with Crippen LogP contribution in [0.2, 0.25) is 0 Å². The van der Waals surface area contributed by atoms with Crippen molar-refractivity contribution in [3.05, 3.63) is 58.9 Å². The Kier molecular flexibility index (Phi) is 3.42. The number of esters is 1. The second-order valence-electron chi connectivity index (χ2n) is 5.00. The fraction of sp³-hybridized carbons (Fsp3) is 0.235. The zero-order valence-corrected chi connectivity index (χ0v) is 11.5. The van der Waals surface area contributed by atoms with E-state index < -0.39 is 0 Å². The molecule has 0 radical (unpaired) electrons. The van der Waals surface area contributed by atoms with Crippen LogP contribution in [0.1, 0.15) is 40.2 Å². The molecule has 0 fully saturated rings. The zero-order valence-electron chi connectivity index (χ0n) is 11.5. The molecule has 102 valence electrons. The van der Waals surface area contributed by atoms with Crippen LogP contribution in [-0.2, 0) is 11.2 Å². The van der Waals surface area contributed by atoms with Gasteiger partial charge >= 0.3 is 5.97 Å². The van der Waals surface area contributed by atoms with Gasteiger partial charge in [0.2, 0.25) is 0 Å². The van der Waals surface area contributed by atoms with Crippen LogP contribution in [0.25, 0.3) is 11.6 Å². The van der Waals surface area contributed by atoms with Gasteiger partial charge in [-0.2, -0.15) is 0 Å². The van der Waals surface area contributed by atoms with Crippen LogP contribution in [-0.4, -0.2) is 18.1 Å². The van der Waals surface area contributed by atoms with E-state index in [-0.39, 0.29) is 5.97 Å². The Bertz CT molecular complexity index is 653. The van der Waals surface area contributed by atoms with Crippen molar-refractivity contribution in [3.63, 3.8) is 0 Å². The standard InChI is InChI=1S/C17H17NO2/c1-20-17(19)16-11-14-13(8-5-9-15(14)18-16)10-12-6-3-2-4-7-12/h2-4,6-7,10-11,18H,5,8-9H2,1H3/b13-10+. The van der Waals surface area contributed by atoms with E-state index in [4.69, 9.17) is 4.74 Å². The van der Waals surface area contributed by atoms with E-state index in [1.807, 2.05) is 24.3 Å². The SMILES string of the molecule is COC(=O)c1cc2c([nH]1)CCC/C2=C\c1ccccc1. The lowest BCUT2D eigenvalue weighted by Crippen LogP contribution is -2.02. The quantitative estimate of drug-likeness (QED) is 0.843. The van der Waals surface area contributed by atoms with Gasteiger partial charge in [-0.05, 0) is 42.0 Å². The van der Waals surface area contributed by atoms with E-state index in [1.54, 1.807) is 0 Å². The molecule has 3 heteroatoms. The van der Waals surface area contributed by atoms with Gasteiger partial charge in [-0.3, -0.25) is 0 Å². The molecule has 2 aromatic rings. The summed E-state index contributed by atoms with van der Waals surface area (Å²) in [6, 6.07) is 12.2. The summed E-state index contributed by atoms with van der Waals surface area (Å²) in [5.74, 6) is -0.307. The average molecular weight is 267 g/mol. The van der Waals surface area contributed by atoms with Gasteiger partial charge < -0.3 is 9.72 Å². The number of carbonyl (C=O) groups is 1. The molecular weight excluding hydrogens is 250 g/mol. The summed E-state index contributed by atoms with van der Waals surface area (Å²) in [5.41, 5.74) is 5.30. The van der Waals surface area contributed by atoms with Gasteiger partial charge in [-0.15, -0.1) is 0 Å². The maximum absolute atomic E-state index is 11.6. The molecule has 1 aliphatic carbocycles. The molecule has 1 heterocycles. The molecule has 0 saturated carbocycles. The van der Waals surface area contributed by atoms with E-state index in [9.17, 15) is 4.79 Å². The monoisotopic (exact) mass is 267 g/mol. The number of hydrogen-bond donors (Lipinski definition) is 1. The fourth-order valence-electron chi connectivity index (χ4n) is 2.69. The number of nitrogens with one attached hydrogen (secondary N) is 1. The van der Waals surface area contributed by atoms with Gasteiger partial charge in [0.25, 0.3) is 0 Å². The van der Waals surface area contributed by atoms with Crippen molar-refractivity contribution in [2.24, 2.45) is 0 Å². The zero-order chi connectivity index (χ0) is 13.9. The molecule has 1 aromatic carbocycles. The van der Waals surface area contributed by atoms with Crippen LogP contribution in [0.3, 0.4) is 0 Å². The molecule has 1 N–H and O–H groups in total. The number of benzene rings is 1. The minimum absolute atomic E-state index is 0.307. The first-order valence-electron chi connectivity index (χ1n) is 6.84. The molecule has 20 heavy (non-hydrogen) atoms. The molecule has 0 atom stereocenters. The van der Waals surface area contributed by atoms with E-state index in [1.165, 1.54) is 18.2 Å². The summed E-state index contributed by atoms with van der Waals surface area (Å²) in [4.78, 5) is 14.8. The molecule has 3 rings (SSSR count). The highest BCUT2D eigenvalue weighted by atomic mass is 16.5. The normalized spacial score (nSPS) is 15.9. The fourth-order valence-corrected chi connectivity index (χ4v) is 2.69. The number of H-pyrrole nitrogens is 1. The number of hydrogen-bond acceptors (Lipinski definition) is 2. The second kappa shape index (κ2) is 5.37. The van der Waals surface area contributed by atoms with Gasteiger partial charge in [0.1, 0.15) is 5.69 Å². The summed E-state index contributed by atoms with van der Waals surface area (Å²) in [6.07, 6.45) is 5.33. The van der Waals surface area contributed by atoms with Gasteiger partial charge in [0.15, 0.2) is 0 Å². The van der Waals surface area contributed by atoms with Gasteiger partial charge in [0, 0.05) is 5.69 Å². The molecular formula is C17H17NO2. The lowest BCUT2D eigenvalue weighted by atomic mass is 9.91. The lowest BCUT2D eigenvalue weighted by molar-refractivity contribution is 0.0594. The highest BCUT2D eigenvalue weighted by Gasteiger charge is 2.20. The Morgan fingerprint density at radius 1 is 1.25 bits per heavy atom. The smallest absolute Gasteiger partial charge is 0.354 e. The molecule has 0 unspecified atom stereocenters. The van der Waals surface area contributed by atoms with Crippen LogP contribution in [0, 0.1) is 0 Å². The Morgan fingerprint density at radius 2 is 2.05 bits per heavy atom. The Labute approximate surface area is 118 Å². The van der Waals surface area contributed by atoms with E-state index in [2.05, 4.69) is 23.2 Å². The minimum atomic E-state index is -0.307. The van der Waals surface area contributed by atoms with Crippen LogP contribution in [0.4, 0.5) is 0 Å². The topological polar surface area (TPSA) is 42.1 Å². The van der Waals surface area contributed by atoms with Gasteiger partial charge in [0.05, 0.1) is 7.11 Å². The first-order valence-corrected chi connectivity index (χ1v) is 6.84.